The van der Waals surface area contributed by atoms with Gasteiger partial charge >= 0.3 is 0 Å². The number of carbonyl (C=O) groups excluding carboxylic acids is 1. The van der Waals surface area contributed by atoms with E-state index in [9.17, 15) is 4.79 Å². The Morgan fingerprint density at radius 1 is 1.16 bits per heavy atom. The molecule has 1 amide bonds. The Hall–Kier alpha value is -2.40. The molecule has 1 N–H and O–H groups in total. The van der Waals surface area contributed by atoms with Gasteiger partial charge in [-0.3, -0.25) is 4.79 Å². The molecule has 0 spiro atoms. The number of nitrogens with one attached hydrogen (secondary N) is 1. The van der Waals surface area contributed by atoms with Gasteiger partial charge in [-0.15, -0.1) is 0 Å². The number of halogens is 1. The van der Waals surface area contributed by atoms with Crippen molar-refractivity contribution in [2.75, 3.05) is 19.8 Å². The average molecular weight is 360 g/mol. The number of amides is 1. The van der Waals surface area contributed by atoms with E-state index in [0.717, 1.165) is 41.0 Å². The molecule has 5 nitrogen and oxygen atoms in total. The lowest BCUT2D eigenvalue weighted by molar-refractivity contribution is -0.123. The Morgan fingerprint density at radius 2 is 1.96 bits per heavy atom. The van der Waals surface area contributed by atoms with Crippen LogP contribution in [0.3, 0.4) is 0 Å². The molecule has 2 heterocycles. The summed E-state index contributed by atoms with van der Waals surface area (Å²) in [5.74, 6) is 2.25. The van der Waals surface area contributed by atoms with Crippen LogP contribution < -0.4 is 19.5 Å². The van der Waals surface area contributed by atoms with Crippen molar-refractivity contribution >= 4 is 17.5 Å². The van der Waals surface area contributed by atoms with Gasteiger partial charge in [0, 0.05) is 41.1 Å². The molecule has 2 aromatic rings. The lowest BCUT2D eigenvalue weighted by Crippen LogP contribution is -2.29. The molecule has 0 aromatic heterocycles. The zero-order valence-electron chi connectivity index (χ0n) is 13.6. The van der Waals surface area contributed by atoms with Crippen LogP contribution >= 0.6 is 11.6 Å². The molecule has 2 aliphatic rings. The summed E-state index contributed by atoms with van der Waals surface area (Å²) >= 11 is 5.83. The van der Waals surface area contributed by atoms with Crippen LogP contribution in [0.15, 0.2) is 30.3 Å². The first-order valence-electron chi connectivity index (χ1n) is 8.29. The minimum Gasteiger partial charge on any atom is -0.493 e. The Labute approximate surface area is 150 Å². The van der Waals surface area contributed by atoms with Gasteiger partial charge in [-0.25, -0.2) is 0 Å². The summed E-state index contributed by atoms with van der Waals surface area (Å²) in [7, 11) is 0. The highest BCUT2D eigenvalue weighted by Crippen LogP contribution is 2.40. The molecule has 2 aromatic carbocycles. The molecule has 0 bridgehead atoms. The Balaban J connectivity index is 1.40. The average Bonchev–Trinajstić information content (AvgIpc) is 3.27. The van der Waals surface area contributed by atoms with E-state index in [1.54, 1.807) is 24.3 Å². The maximum atomic E-state index is 12.1. The van der Waals surface area contributed by atoms with Crippen molar-refractivity contribution < 1.29 is 19.0 Å². The second-order valence-electron chi connectivity index (χ2n) is 6.04. The van der Waals surface area contributed by atoms with E-state index in [1.165, 1.54) is 0 Å². The topological polar surface area (TPSA) is 56.8 Å². The van der Waals surface area contributed by atoms with E-state index in [-0.39, 0.29) is 12.5 Å². The largest absolute Gasteiger partial charge is 0.493 e. The van der Waals surface area contributed by atoms with Crippen LogP contribution in [0.5, 0.6) is 17.2 Å². The smallest absolute Gasteiger partial charge is 0.258 e. The number of carbonyl (C=O) groups is 1. The third-order valence-electron chi connectivity index (χ3n) is 4.41. The summed E-state index contributed by atoms with van der Waals surface area (Å²) in [6.45, 7) is 1.73. The Bertz CT molecular complexity index is 772. The van der Waals surface area contributed by atoms with Crippen molar-refractivity contribution in [3.63, 3.8) is 0 Å². The summed E-state index contributed by atoms with van der Waals surface area (Å²) in [5, 5.41) is 3.54. The van der Waals surface area contributed by atoms with Crippen LogP contribution in [0.2, 0.25) is 5.02 Å². The van der Waals surface area contributed by atoms with Crippen molar-refractivity contribution in [1.29, 1.82) is 0 Å². The molecule has 0 saturated heterocycles. The molecule has 130 valence electrons. The summed E-state index contributed by atoms with van der Waals surface area (Å²) in [4.78, 5) is 12.1. The lowest BCUT2D eigenvalue weighted by atomic mass is 9.99. The molecule has 6 heteroatoms. The van der Waals surface area contributed by atoms with Crippen LogP contribution in [0.25, 0.3) is 0 Å². The lowest BCUT2D eigenvalue weighted by Gasteiger charge is -2.14. The SMILES string of the molecule is O=C(COc1ccc(Cl)cc1)NCc1c2c(cc3c1OCC3)OCC2. The maximum absolute atomic E-state index is 12.1. The van der Waals surface area contributed by atoms with Crippen molar-refractivity contribution in [2.24, 2.45) is 0 Å². The van der Waals surface area contributed by atoms with E-state index in [4.69, 9.17) is 25.8 Å². The van der Waals surface area contributed by atoms with Gasteiger partial charge < -0.3 is 19.5 Å². The van der Waals surface area contributed by atoms with Crippen LogP contribution in [0, 0.1) is 0 Å². The van der Waals surface area contributed by atoms with Gasteiger partial charge in [0.15, 0.2) is 6.61 Å². The zero-order chi connectivity index (χ0) is 17.2. The monoisotopic (exact) mass is 359 g/mol. The summed E-state index contributed by atoms with van der Waals surface area (Å²) in [5.41, 5.74) is 3.32. The fourth-order valence-corrected chi connectivity index (χ4v) is 3.32. The van der Waals surface area contributed by atoms with Crippen molar-refractivity contribution in [2.45, 2.75) is 19.4 Å². The predicted molar refractivity (Wildman–Crippen MR) is 93.6 cm³/mol. The standard InChI is InChI=1S/C19H18ClNO4/c20-13-1-3-14(4-2-13)25-11-18(22)21-10-16-15-6-8-23-17(15)9-12-5-7-24-19(12)16/h1-4,9H,5-8,10-11H2,(H,21,22). The maximum Gasteiger partial charge on any atom is 0.258 e. The van der Waals surface area contributed by atoms with Crippen molar-refractivity contribution in [3.05, 3.63) is 52.0 Å². The van der Waals surface area contributed by atoms with Crippen LogP contribution in [-0.4, -0.2) is 25.7 Å². The van der Waals surface area contributed by atoms with Crippen LogP contribution in [0.4, 0.5) is 0 Å². The van der Waals surface area contributed by atoms with Gasteiger partial charge in [0.1, 0.15) is 17.2 Å². The summed E-state index contributed by atoms with van der Waals surface area (Å²) < 4.78 is 16.9. The van der Waals surface area contributed by atoms with Gasteiger partial charge in [0.25, 0.3) is 5.91 Å². The van der Waals surface area contributed by atoms with Gasteiger partial charge in [-0.1, -0.05) is 11.6 Å². The first-order valence-corrected chi connectivity index (χ1v) is 8.67. The molecule has 0 aliphatic carbocycles. The van der Waals surface area contributed by atoms with E-state index >= 15 is 0 Å². The number of benzene rings is 2. The third kappa shape index (κ3) is 3.37. The minimum absolute atomic E-state index is 0.0454. The molecule has 0 atom stereocenters. The fourth-order valence-electron chi connectivity index (χ4n) is 3.19. The quantitative estimate of drug-likeness (QED) is 0.891. The van der Waals surface area contributed by atoms with Gasteiger partial charge in [0.2, 0.25) is 0 Å². The van der Waals surface area contributed by atoms with E-state index in [2.05, 4.69) is 11.4 Å². The highest BCUT2D eigenvalue weighted by atomic mass is 35.5. The molecule has 0 saturated carbocycles. The molecule has 4 rings (SSSR count). The number of hydrogen-bond acceptors (Lipinski definition) is 4. The first-order chi connectivity index (χ1) is 12.2. The van der Waals surface area contributed by atoms with Crippen LogP contribution in [-0.2, 0) is 24.2 Å². The van der Waals surface area contributed by atoms with E-state index < -0.39 is 0 Å². The van der Waals surface area contributed by atoms with Crippen molar-refractivity contribution in [3.8, 4) is 17.2 Å². The van der Waals surface area contributed by atoms with Crippen LogP contribution in [0.1, 0.15) is 16.7 Å². The molecule has 25 heavy (non-hydrogen) atoms. The normalized spacial score (nSPS) is 14.3. The van der Waals surface area contributed by atoms with Crippen molar-refractivity contribution in [1.82, 2.24) is 5.32 Å². The second-order valence-corrected chi connectivity index (χ2v) is 6.47. The molecular weight excluding hydrogens is 342 g/mol. The summed E-state index contributed by atoms with van der Waals surface area (Å²) in [6, 6.07) is 8.99. The van der Waals surface area contributed by atoms with E-state index in [1.807, 2.05) is 0 Å². The number of ether oxygens (including phenoxy) is 3. The Kier molecular flexibility index (Phi) is 4.40. The molecule has 0 radical (unpaired) electrons. The number of hydrogen-bond donors (Lipinski definition) is 1. The zero-order valence-corrected chi connectivity index (χ0v) is 14.4. The van der Waals surface area contributed by atoms with Gasteiger partial charge in [-0.05, 0) is 30.3 Å². The summed E-state index contributed by atoms with van der Waals surface area (Å²) in [6.07, 6.45) is 1.73. The molecule has 2 aliphatic heterocycles. The highest BCUT2D eigenvalue weighted by molar-refractivity contribution is 6.30. The second kappa shape index (κ2) is 6.84. The highest BCUT2D eigenvalue weighted by Gasteiger charge is 2.26. The van der Waals surface area contributed by atoms with Gasteiger partial charge in [0.05, 0.1) is 13.2 Å². The van der Waals surface area contributed by atoms with Gasteiger partial charge in [-0.2, -0.15) is 0 Å². The van der Waals surface area contributed by atoms with E-state index in [0.29, 0.717) is 30.5 Å². The molecule has 0 unspecified atom stereocenters. The molecule has 0 fully saturated rings. The third-order valence-corrected chi connectivity index (χ3v) is 4.66. The predicted octanol–water partition coefficient (Wildman–Crippen LogP) is 2.91. The minimum atomic E-state index is -0.182. The number of fused-ring (bicyclic) bond motifs is 2. The first kappa shape index (κ1) is 16.1. The molecular formula is C19H18ClNO4. The number of rotatable bonds is 5. The fraction of sp³-hybridized carbons (Fsp3) is 0.316. The Morgan fingerprint density at radius 3 is 2.80 bits per heavy atom.